The van der Waals surface area contributed by atoms with Crippen molar-refractivity contribution in [3.8, 4) is 11.3 Å². The summed E-state index contributed by atoms with van der Waals surface area (Å²) in [5.41, 5.74) is 3.50. The third-order valence-corrected chi connectivity index (χ3v) is 4.22. The summed E-state index contributed by atoms with van der Waals surface area (Å²) in [5.74, 6) is 0.193. The molecule has 1 saturated heterocycles. The van der Waals surface area contributed by atoms with Gasteiger partial charge >= 0.3 is 0 Å². The van der Waals surface area contributed by atoms with Gasteiger partial charge < -0.3 is 5.32 Å². The molecule has 1 aromatic carbocycles. The molecule has 1 aliphatic rings. The molecule has 5 heteroatoms. The van der Waals surface area contributed by atoms with Crippen molar-refractivity contribution >= 4 is 5.65 Å². The zero-order chi connectivity index (χ0) is 14.9. The topological polar surface area (TPSA) is 42.2 Å². The first-order valence-electron chi connectivity index (χ1n) is 7.62. The van der Waals surface area contributed by atoms with E-state index in [-0.39, 0.29) is 5.82 Å². The minimum Gasteiger partial charge on any atom is -0.316 e. The summed E-state index contributed by atoms with van der Waals surface area (Å²) in [6, 6.07) is 10.5. The Kier molecular flexibility index (Phi) is 3.35. The van der Waals surface area contributed by atoms with Crippen LogP contribution >= 0.6 is 0 Å². The molecule has 1 N–H and O–H groups in total. The number of aromatic nitrogens is 3. The van der Waals surface area contributed by atoms with Crippen LogP contribution in [0.5, 0.6) is 0 Å². The molecular formula is C17H17FN4. The molecule has 1 unspecified atom stereocenters. The first-order valence-corrected chi connectivity index (χ1v) is 7.62. The number of fused-ring (bicyclic) bond motifs is 1. The maximum Gasteiger partial charge on any atom is 0.155 e. The van der Waals surface area contributed by atoms with E-state index in [2.05, 4.69) is 15.4 Å². The number of piperidine rings is 1. The van der Waals surface area contributed by atoms with Crippen LogP contribution in [0.3, 0.4) is 0 Å². The van der Waals surface area contributed by atoms with Crippen LogP contribution in [0.1, 0.15) is 24.5 Å². The van der Waals surface area contributed by atoms with Gasteiger partial charge in [0, 0.05) is 30.3 Å². The van der Waals surface area contributed by atoms with Crippen molar-refractivity contribution in [2.24, 2.45) is 0 Å². The lowest BCUT2D eigenvalue weighted by molar-refractivity contribution is 0.448. The van der Waals surface area contributed by atoms with E-state index in [1.54, 1.807) is 6.07 Å². The number of hydrogen-bond acceptors (Lipinski definition) is 3. The minimum absolute atomic E-state index is 0.251. The number of benzene rings is 1. The quantitative estimate of drug-likeness (QED) is 0.790. The fourth-order valence-electron chi connectivity index (χ4n) is 3.12. The molecule has 1 fully saturated rings. The molecule has 112 valence electrons. The lowest BCUT2D eigenvalue weighted by atomic mass is 9.96. The second-order valence-corrected chi connectivity index (χ2v) is 5.72. The first-order chi connectivity index (χ1) is 10.8. The summed E-state index contributed by atoms with van der Waals surface area (Å²) in [5, 5.41) is 8.09. The molecule has 0 aliphatic carbocycles. The molecule has 0 radical (unpaired) electrons. The molecule has 3 aromatic rings. The zero-order valence-corrected chi connectivity index (χ0v) is 12.2. The van der Waals surface area contributed by atoms with Crippen LogP contribution in [0, 0.1) is 5.82 Å². The van der Waals surface area contributed by atoms with Crippen molar-refractivity contribution < 1.29 is 4.39 Å². The van der Waals surface area contributed by atoms with E-state index in [0.717, 1.165) is 36.4 Å². The second kappa shape index (κ2) is 5.50. The van der Waals surface area contributed by atoms with Crippen LogP contribution in [0.4, 0.5) is 4.39 Å². The van der Waals surface area contributed by atoms with Crippen molar-refractivity contribution in [3.63, 3.8) is 0 Å². The Morgan fingerprint density at radius 2 is 2.18 bits per heavy atom. The second-order valence-electron chi connectivity index (χ2n) is 5.72. The normalized spacial score (nSPS) is 18.7. The summed E-state index contributed by atoms with van der Waals surface area (Å²) in [6.07, 6.45) is 4.16. The average Bonchev–Trinajstić information content (AvgIpc) is 3.00. The summed E-state index contributed by atoms with van der Waals surface area (Å²) in [4.78, 5) is 4.39. The predicted octanol–water partition coefficient (Wildman–Crippen LogP) is 3.00. The Morgan fingerprint density at radius 1 is 1.23 bits per heavy atom. The monoisotopic (exact) mass is 296 g/mol. The van der Waals surface area contributed by atoms with Crippen LogP contribution in [-0.4, -0.2) is 27.7 Å². The molecule has 1 aliphatic heterocycles. The van der Waals surface area contributed by atoms with Crippen LogP contribution < -0.4 is 5.32 Å². The number of halogens is 1. The fraction of sp³-hybridized carbons (Fsp3) is 0.294. The van der Waals surface area contributed by atoms with Crippen molar-refractivity contribution in [1.82, 2.24) is 19.9 Å². The van der Waals surface area contributed by atoms with Gasteiger partial charge in [0.1, 0.15) is 5.82 Å². The van der Waals surface area contributed by atoms with Gasteiger partial charge in [0.25, 0.3) is 0 Å². The molecule has 4 rings (SSSR count). The minimum atomic E-state index is -0.251. The van der Waals surface area contributed by atoms with Gasteiger partial charge in [0.05, 0.1) is 11.4 Å². The van der Waals surface area contributed by atoms with Crippen molar-refractivity contribution in [3.05, 3.63) is 54.1 Å². The highest BCUT2D eigenvalue weighted by molar-refractivity contribution is 5.64. The van der Waals surface area contributed by atoms with Gasteiger partial charge in [-0.05, 0) is 37.6 Å². The van der Waals surface area contributed by atoms with Crippen LogP contribution in [-0.2, 0) is 0 Å². The summed E-state index contributed by atoms with van der Waals surface area (Å²) in [7, 11) is 0. The van der Waals surface area contributed by atoms with Crippen molar-refractivity contribution in [2.45, 2.75) is 18.8 Å². The highest BCUT2D eigenvalue weighted by Crippen LogP contribution is 2.26. The predicted molar refractivity (Wildman–Crippen MR) is 83.2 cm³/mol. The van der Waals surface area contributed by atoms with E-state index in [4.69, 9.17) is 0 Å². The van der Waals surface area contributed by atoms with Crippen molar-refractivity contribution in [2.75, 3.05) is 13.1 Å². The Labute approximate surface area is 128 Å². The van der Waals surface area contributed by atoms with E-state index in [1.807, 2.05) is 28.9 Å². The fourth-order valence-corrected chi connectivity index (χ4v) is 3.12. The smallest absolute Gasteiger partial charge is 0.155 e. The van der Waals surface area contributed by atoms with Crippen LogP contribution in [0.25, 0.3) is 16.9 Å². The van der Waals surface area contributed by atoms with Crippen molar-refractivity contribution in [1.29, 1.82) is 0 Å². The van der Waals surface area contributed by atoms with E-state index in [9.17, 15) is 4.39 Å². The van der Waals surface area contributed by atoms with Crippen LogP contribution in [0.2, 0.25) is 0 Å². The standard InChI is InChI=1S/C17H17FN4/c18-14-5-1-3-12(9-14)15-10-17-20-8-6-16(22(17)21-15)13-4-2-7-19-11-13/h1,3,5-6,8-10,13,19H,2,4,7,11H2. The van der Waals surface area contributed by atoms with Gasteiger partial charge in [-0.25, -0.2) is 13.9 Å². The molecule has 22 heavy (non-hydrogen) atoms. The summed E-state index contributed by atoms with van der Waals surface area (Å²) >= 11 is 0. The largest absolute Gasteiger partial charge is 0.316 e. The summed E-state index contributed by atoms with van der Waals surface area (Å²) in [6.45, 7) is 2.05. The molecule has 3 heterocycles. The molecule has 0 saturated carbocycles. The van der Waals surface area contributed by atoms with Gasteiger partial charge in [-0.1, -0.05) is 12.1 Å². The van der Waals surface area contributed by atoms with Gasteiger partial charge in [0.15, 0.2) is 5.65 Å². The van der Waals surface area contributed by atoms with Gasteiger partial charge in [-0.15, -0.1) is 0 Å². The SMILES string of the molecule is Fc1cccc(-c2cc3nccc(C4CCCNC4)n3n2)c1. The number of rotatable bonds is 2. The maximum atomic E-state index is 13.4. The Morgan fingerprint density at radius 3 is 3.00 bits per heavy atom. The number of hydrogen-bond donors (Lipinski definition) is 1. The first kappa shape index (κ1) is 13.4. The molecule has 2 aromatic heterocycles. The average molecular weight is 296 g/mol. The van der Waals surface area contributed by atoms with E-state index < -0.39 is 0 Å². The maximum absolute atomic E-state index is 13.4. The lowest BCUT2D eigenvalue weighted by Crippen LogP contribution is -2.29. The highest BCUT2D eigenvalue weighted by atomic mass is 19.1. The Hall–Kier alpha value is -2.27. The third kappa shape index (κ3) is 2.37. The molecular weight excluding hydrogens is 279 g/mol. The van der Waals surface area contributed by atoms with Gasteiger partial charge in [-0.2, -0.15) is 5.10 Å². The number of nitrogens with one attached hydrogen (secondary N) is 1. The van der Waals surface area contributed by atoms with Gasteiger partial charge in [-0.3, -0.25) is 0 Å². The Balaban J connectivity index is 1.80. The van der Waals surface area contributed by atoms with Crippen LogP contribution in [0.15, 0.2) is 42.6 Å². The molecule has 1 atom stereocenters. The van der Waals surface area contributed by atoms with Gasteiger partial charge in [0.2, 0.25) is 0 Å². The molecule has 0 spiro atoms. The van der Waals surface area contributed by atoms with E-state index in [1.165, 1.54) is 24.2 Å². The van der Waals surface area contributed by atoms with E-state index >= 15 is 0 Å². The van der Waals surface area contributed by atoms with E-state index in [0.29, 0.717) is 5.92 Å². The molecule has 0 amide bonds. The lowest BCUT2D eigenvalue weighted by Gasteiger charge is -2.23. The summed E-state index contributed by atoms with van der Waals surface area (Å²) < 4.78 is 15.3. The third-order valence-electron chi connectivity index (χ3n) is 4.22. The molecule has 4 nitrogen and oxygen atoms in total. The number of nitrogens with zero attached hydrogens (tertiary/aromatic N) is 3. The molecule has 0 bridgehead atoms. The highest BCUT2D eigenvalue weighted by Gasteiger charge is 2.19. The zero-order valence-electron chi connectivity index (χ0n) is 12.2. The Bertz CT molecular complexity index is 805.